The Morgan fingerprint density at radius 1 is 1.50 bits per heavy atom. The Morgan fingerprint density at radius 2 is 2.25 bits per heavy atom. The highest BCUT2D eigenvalue weighted by molar-refractivity contribution is 9.11. The summed E-state index contributed by atoms with van der Waals surface area (Å²) in [5.41, 5.74) is 1.07. The monoisotopic (exact) mass is 364 g/mol. The molecule has 0 aromatic carbocycles. The van der Waals surface area contributed by atoms with E-state index < -0.39 is 0 Å². The van der Waals surface area contributed by atoms with Crippen LogP contribution in [0.15, 0.2) is 21.2 Å². The van der Waals surface area contributed by atoms with Crippen LogP contribution in [0.1, 0.15) is 18.5 Å². The van der Waals surface area contributed by atoms with Gasteiger partial charge in [0.05, 0.1) is 5.69 Å². The van der Waals surface area contributed by atoms with E-state index in [4.69, 9.17) is 0 Å². The summed E-state index contributed by atoms with van der Waals surface area (Å²) >= 11 is 8.90. The van der Waals surface area contributed by atoms with Crippen molar-refractivity contribution in [3.05, 3.63) is 26.9 Å². The Bertz CT molecular complexity index is 380. The molecule has 1 fully saturated rings. The summed E-state index contributed by atoms with van der Waals surface area (Å²) in [5.74, 6) is 0. The molecule has 1 N–H and O–H groups in total. The third kappa shape index (κ3) is 3.22. The number of hydrogen-bond donors (Lipinski definition) is 1. The molecule has 1 heterocycles. The van der Waals surface area contributed by atoms with Gasteiger partial charge < -0.3 is 5.32 Å². The summed E-state index contributed by atoms with van der Waals surface area (Å²) < 4.78 is 2.58. The van der Waals surface area contributed by atoms with Crippen LogP contribution < -0.4 is 5.32 Å². The number of thioether (sulfide) groups is 1. The van der Waals surface area contributed by atoms with Gasteiger partial charge in [-0.2, -0.15) is 11.8 Å². The number of halogens is 2. The maximum absolute atomic E-state index is 4.38. The van der Waals surface area contributed by atoms with Crippen LogP contribution in [0.4, 0.5) is 0 Å². The van der Waals surface area contributed by atoms with Gasteiger partial charge in [-0.1, -0.05) is 0 Å². The minimum atomic E-state index is 0.516. The fourth-order valence-corrected chi connectivity index (χ4v) is 3.46. The summed E-state index contributed by atoms with van der Waals surface area (Å²) in [7, 11) is 0. The maximum Gasteiger partial charge on any atom is 0.0684 e. The van der Waals surface area contributed by atoms with E-state index in [1.807, 2.05) is 24.0 Å². The Labute approximate surface area is 117 Å². The lowest BCUT2D eigenvalue weighted by atomic mass is 10.3. The Morgan fingerprint density at radius 3 is 2.81 bits per heavy atom. The zero-order valence-electron chi connectivity index (χ0n) is 9.09. The number of nitrogens with zero attached hydrogens (tertiary/aromatic N) is 1. The van der Waals surface area contributed by atoms with Gasteiger partial charge in [0.1, 0.15) is 0 Å². The molecular formula is C11H14Br2N2S. The molecule has 0 unspecified atom stereocenters. The number of aromatic nitrogens is 1. The molecule has 88 valence electrons. The second-order valence-electron chi connectivity index (χ2n) is 4.07. The largest absolute Gasteiger partial charge is 0.310 e. The summed E-state index contributed by atoms with van der Waals surface area (Å²) in [6, 6.07) is 2.03. The van der Waals surface area contributed by atoms with Gasteiger partial charge in [-0.15, -0.1) is 0 Å². The van der Waals surface area contributed by atoms with Crippen molar-refractivity contribution in [3.63, 3.8) is 0 Å². The Kier molecular flexibility index (Phi) is 4.32. The quantitative estimate of drug-likeness (QED) is 0.862. The van der Waals surface area contributed by atoms with Crippen molar-refractivity contribution >= 4 is 43.6 Å². The standard InChI is InChI=1S/C11H14Br2N2S/c1-16-11(2-3-11)7-14-6-10-9(13)4-8(12)5-15-10/h4-5,14H,2-3,6-7H2,1H3. The SMILES string of the molecule is CSC1(CNCc2ncc(Br)cc2Br)CC1. The first-order valence-electron chi connectivity index (χ1n) is 5.21. The van der Waals surface area contributed by atoms with Gasteiger partial charge in [0.2, 0.25) is 0 Å². The van der Waals surface area contributed by atoms with Gasteiger partial charge in [0.15, 0.2) is 0 Å². The van der Waals surface area contributed by atoms with Crippen molar-refractivity contribution in [2.75, 3.05) is 12.8 Å². The fourth-order valence-electron chi connectivity index (χ4n) is 1.57. The first-order chi connectivity index (χ1) is 7.65. The molecule has 2 nitrogen and oxygen atoms in total. The average molecular weight is 366 g/mol. The molecule has 0 atom stereocenters. The van der Waals surface area contributed by atoms with E-state index in [2.05, 4.69) is 48.4 Å². The van der Waals surface area contributed by atoms with Gasteiger partial charge in [0, 0.05) is 33.0 Å². The van der Waals surface area contributed by atoms with E-state index in [9.17, 15) is 0 Å². The van der Waals surface area contributed by atoms with Crippen LogP contribution >= 0.6 is 43.6 Å². The van der Waals surface area contributed by atoms with Crippen molar-refractivity contribution in [3.8, 4) is 0 Å². The van der Waals surface area contributed by atoms with E-state index in [0.717, 1.165) is 27.7 Å². The van der Waals surface area contributed by atoms with Gasteiger partial charge in [-0.3, -0.25) is 4.98 Å². The highest BCUT2D eigenvalue weighted by Crippen LogP contribution is 2.46. The maximum atomic E-state index is 4.38. The molecule has 1 aromatic rings. The highest BCUT2D eigenvalue weighted by Gasteiger charge is 2.41. The second-order valence-corrected chi connectivity index (χ2v) is 7.12. The minimum Gasteiger partial charge on any atom is -0.310 e. The van der Waals surface area contributed by atoms with Crippen LogP contribution in [0.5, 0.6) is 0 Å². The predicted molar refractivity (Wildman–Crippen MR) is 76.8 cm³/mol. The zero-order valence-corrected chi connectivity index (χ0v) is 13.1. The number of hydrogen-bond acceptors (Lipinski definition) is 3. The number of nitrogens with one attached hydrogen (secondary N) is 1. The first kappa shape index (κ1) is 12.9. The molecule has 0 radical (unpaired) electrons. The van der Waals surface area contributed by atoms with Crippen LogP contribution in [0.3, 0.4) is 0 Å². The average Bonchev–Trinajstić information content (AvgIpc) is 3.02. The smallest absolute Gasteiger partial charge is 0.0684 e. The zero-order chi connectivity index (χ0) is 11.6. The van der Waals surface area contributed by atoms with Crippen molar-refractivity contribution in [2.45, 2.75) is 24.1 Å². The van der Waals surface area contributed by atoms with Crippen molar-refractivity contribution in [1.29, 1.82) is 0 Å². The molecule has 0 amide bonds. The summed E-state index contributed by atoms with van der Waals surface area (Å²) in [6.07, 6.45) is 6.72. The molecule has 0 saturated heterocycles. The first-order valence-corrected chi connectivity index (χ1v) is 8.02. The normalized spacial score (nSPS) is 17.4. The van der Waals surface area contributed by atoms with Crippen LogP contribution in [-0.4, -0.2) is 22.5 Å². The molecular weight excluding hydrogens is 352 g/mol. The van der Waals surface area contributed by atoms with E-state index in [1.54, 1.807) is 0 Å². The topological polar surface area (TPSA) is 24.9 Å². The van der Waals surface area contributed by atoms with Gasteiger partial charge >= 0.3 is 0 Å². The molecule has 1 saturated carbocycles. The summed E-state index contributed by atoms with van der Waals surface area (Å²) in [6.45, 7) is 1.91. The summed E-state index contributed by atoms with van der Waals surface area (Å²) in [4.78, 5) is 4.38. The van der Waals surface area contributed by atoms with Gasteiger partial charge in [-0.25, -0.2) is 0 Å². The lowest BCUT2D eigenvalue weighted by molar-refractivity contribution is 0.651. The Balaban J connectivity index is 1.85. The number of rotatable bonds is 5. The molecule has 0 aliphatic heterocycles. The van der Waals surface area contributed by atoms with Crippen LogP contribution in [-0.2, 0) is 6.54 Å². The van der Waals surface area contributed by atoms with E-state index in [1.165, 1.54) is 12.8 Å². The Hall–Kier alpha value is 0.420. The molecule has 0 bridgehead atoms. The van der Waals surface area contributed by atoms with Crippen LogP contribution in [0.2, 0.25) is 0 Å². The predicted octanol–water partition coefficient (Wildman–Crippen LogP) is 3.59. The molecule has 1 aliphatic rings. The van der Waals surface area contributed by atoms with E-state index in [0.29, 0.717) is 4.75 Å². The molecule has 2 rings (SSSR count). The minimum absolute atomic E-state index is 0.516. The van der Waals surface area contributed by atoms with Crippen molar-refractivity contribution < 1.29 is 0 Å². The molecule has 1 aromatic heterocycles. The van der Waals surface area contributed by atoms with Crippen LogP contribution in [0, 0.1) is 0 Å². The lowest BCUT2D eigenvalue weighted by Crippen LogP contribution is -2.25. The molecule has 1 aliphatic carbocycles. The lowest BCUT2D eigenvalue weighted by Gasteiger charge is -2.13. The number of pyridine rings is 1. The molecule has 0 spiro atoms. The van der Waals surface area contributed by atoms with E-state index >= 15 is 0 Å². The molecule has 16 heavy (non-hydrogen) atoms. The third-order valence-electron chi connectivity index (χ3n) is 2.86. The van der Waals surface area contributed by atoms with Crippen molar-refractivity contribution in [2.24, 2.45) is 0 Å². The molecule has 5 heteroatoms. The summed E-state index contributed by atoms with van der Waals surface area (Å²) in [5, 5.41) is 3.49. The van der Waals surface area contributed by atoms with Gasteiger partial charge in [-0.05, 0) is 57.0 Å². The third-order valence-corrected chi connectivity index (χ3v) is 5.40. The fraction of sp³-hybridized carbons (Fsp3) is 0.545. The van der Waals surface area contributed by atoms with Gasteiger partial charge in [0.25, 0.3) is 0 Å². The van der Waals surface area contributed by atoms with E-state index in [-0.39, 0.29) is 0 Å². The van der Waals surface area contributed by atoms with Crippen LogP contribution in [0.25, 0.3) is 0 Å². The van der Waals surface area contributed by atoms with Crippen molar-refractivity contribution in [1.82, 2.24) is 10.3 Å². The highest BCUT2D eigenvalue weighted by atomic mass is 79.9. The second kappa shape index (κ2) is 5.38.